The third-order valence-corrected chi connectivity index (χ3v) is 3.04. The number of carbonyl (C=O) groups excluding carboxylic acids is 1. The van der Waals surface area contributed by atoms with Crippen LogP contribution in [0.2, 0.25) is 0 Å². The summed E-state index contributed by atoms with van der Waals surface area (Å²) >= 11 is 0. The molecule has 0 saturated heterocycles. The van der Waals surface area contributed by atoms with E-state index in [9.17, 15) is 14.7 Å². The predicted molar refractivity (Wildman–Crippen MR) is 75.9 cm³/mol. The van der Waals surface area contributed by atoms with Gasteiger partial charge in [-0.25, -0.2) is 4.79 Å². The van der Waals surface area contributed by atoms with Gasteiger partial charge in [0.05, 0.1) is 5.92 Å². The van der Waals surface area contributed by atoms with Crippen molar-refractivity contribution in [1.29, 1.82) is 0 Å². The maximum absolute atomic E-state index is 12.1. The lowest BCUT2D eigenvalue weighted by molar-refractivity contribution is -0.141. The first kappa shape index (κ1) is 15.8. The lowest BCUT2D eigenvalue weighted by atomic mass is 10.1. The molecule has 0 aliphatic rings. The van der Waals surface area contributed by atoms with Crippen molar-refractivity contribution >= 4 is 17.7 Å². The SMILES string of the molecule is CCC(CNC(=O)N(CC)c1cccc(O)c1)C(=O)O. The first-order valence-corrected chi connectivity index (χ1v) is 6.56. The van der Waals surface area contributed by atoms with Crippen molar-refractivity contribution in [2.45, 2.75) is 20.3 Å². The molecule has 20 heavy (non-hydrogen) atoms. The van der Waals surface area contributed by atoms with E-state index in [0.717, 1.165) is 0 Å². The van der Waals surface area contributed by atoms with E-state index < -0.39 is 11.9 Å². The second-order valence-corrected chi connectivity index (χ2v) is 4.39. The Morgan fingerprint density at radius 3 is 2.55 bits per heavy atom. The highest BCUT2D eigenvalue weighted by Gasteiger charge is 2.19. The van der Waals surface area contributed by atoms with Gasteiger partial charge in [-0.1, -0.05) is 13.0 Å². The molecule has 3 N–H and O–H groups in total. The minimum absolute atomic E-state index is 0.0747. The third kappa shape index (κ3) is 4.15. The largest absolute Gasteiger partial charge is 0.508 e. The fraction of sp³-hybridized carbons (Fsp3) is 0.429. The molecule has 2 amide bonds. The van der Waals surface area contributed by atoms with E-state index in [2.05, 4.69) is 5.32 Å². The fourth-order valence-corrected chi connectivity index (χ4v) is 1.82. The van der Waals surface area contributed by atoms with Crippen molar-refractivity contribution in [3.8, 4) is 5.75 Å². The van der Waals surface area contributed by atoms with Gasteiger partial charge in [-0.15, -0.1) is 0 Å². The highest BCUT2D eigenvalue weighted by molar-refractivity contribution is 5.92. The van der Waals surface area contributed by atoms with E-state index in [1.54, 1.807) is 26.0 Å². The normalized spacial score (nSPS) is 11.7. The Morgan fingerprint density at radius 2 is 2.05 bits per heavy atom. The van der Waals surface area contributed by atoms with Gasteiger partial charge in [0.15, 0.2) is 0 Å². The van der Waals surface area contributed by atoms with Crippen molar-refractivity contribution < 1.29 is 19.8 Å². The number of hydrogen-bond donors (Lipinski definition) is 3. The molecular formula is C14H20N2O4. The molecule has 1 aromatic carbocycles. The highest BCUT2D eigenvalue weighted by atomic mass is 16.4. The van der Waals surface area contributed by atoms with Crippen LogP contribution < -0.4 is 10.2 Å². The van der Waals surface area contributed by atoms with Crippen LogP contribution in [0.25, 0.3) is 0 Å². The number of urea groups is 1. The maximum Gasteiger partial charge on any atom is 0.321 e. The zero-order valence-corrected chi connectivity index (χ0v) is 11.7. The number of carboxylic acid groups (broad SMARTS) is 1. The number of carboxylic acids is 1. The molecule has 0 fully saturated rings. The molecule has 0 radical (unpaired) electrons. The molecule has 0 heterocycles. The molecule has 1 unspecified atom stereocenters. The summed E-state index contributed by atoms with van der Waals surface area (Å²) in [5.41, 5.74) is 0.563. The molecule has 6 nitrogen and oxygen atoms in total. The van der Waals surface area contributed by atoms with Crippen molar-refractivity contribution in [2.24, 2.45) is 5.92 Å². The smallest absolute Gasteiger partial charge is 0.321 e. The van der Waals surface area contributed by atoms with Gasteiger partial charge in [0.1, 0.15) is 5.75 Å². The number of benzene rings is 1. The van der Waals surface area contributed by atoms with E-state index in [4.69, 9.17) is 5.11 Å². The number of nitrogens with zero attached hydrogens (tertiary/aromatic N) is 1. The molecule has 0 bridgehead atoms. The minimum Gasteiger partial charge on any atom is -0.508 e. The number of amides is 2. The minimum atomic E-state index is -0.923. The van der Waals surface area contributed by atoms with Crippen molar-refractivity contribution in [1.82, 2.24) is 5.32 Å². The van der Waals surface area contributed by atoms with Gasteiger partial charge in [0.25, 0.3) is 0 Å². The number of hydrogen-bond acceptors (Lipinski definition) is 3. The number of carbonyl (C=O) groups is 2. The first-order chi connectivity index (χ1) is 9.49. The first-order valence-electron chi connectivity index (χ1n) is 6.56. The fourth-order valence-electron chi connectivity index (χ4n) is 1.82. The zero-order chi connectivity index (χ0) is 15.1. The summed E-state index contributed by atoms with van der Waals surface area (Å²) < 4.78 is 0. The van der Waals surface area contributed by atoms with E-state index in [0.29, 0.717) is 18.7 Å². The molecule has 1 rings (SSSR count). The maximum atomic E-state index is 12.1. The van der Waals surface area contributed by atoms with Gasteiger partial charge < -0.3 is 15.5 Å². The highest BCUT2D eigenvalue weighted by Crippen LogP contribution is 2.19. The van der Waals surface area contributed by atoms with E-state index >= 15 is 0 Å². The average molecular weight is 280 g/mol. The van der Waals surface area contributed by atoms with Crippen LogP contribution >= 0.6 is 0 Å². The lowest BCUT2D eigenvalue weighted by Gasteiger charge is -2.22. The Kier molecular flexibility index (Phi) is 5.83. The number of phenolic OH excluding ortho intramolecular Hbond substituents is 1. The van der Waals surface area contributed by atoms with E-state index in [1.165, 1.54) is 17.0 Å². The molecular weight excluding hydrogens is 260 g/mol. The Balaban J connectivity index is 2.71. The van der Waals surface area contributed by atoms with Gasteiger partial charge in [-0.05, 0) is 25.5 Å². The second kappa shape index (κ2) is 7.37. The summed E-state index contributed by atoms with van der Waals surface area (Å²) in [6.45, 7) is 4.06. The lowest BCUT2D eigenvalue weighted by Crippen LogP contribution is -2.43. The predicted octanol–water partition coefficient (Wildman–Crippen LogP) is 2.04. The Bertz CT molecular complexity index is 476. The Hall–Kier alpha value is -2.24. The summed E-state index contributed by atoms with van der Waals surface area (Å²) in [5, 5.41) is 21.0. The van der Waals surface area contributed by atoms with Crippen LogP contribution in [0.1, 0.15) is 20.3 Å². The number of anilines is 1. The topological polar surface area (TPSA) is 89.9 Å². The molecule has 0 aliphatic heterocycles. The van der Waals surface area contributed by atoms with Crippen LogP contribution in [0.4, 0.5) is 10.5 Å². The van der Waals surface area contributed by atoms with Crippen LogP contribution in [-0.2, 0) is 4.79 Å². The standard InChI is InChI=1S/C14H20N2O4/c1-3-10(13(18)19)9-15-14(20)16(4-2)11-6-5-7-12(17)8-11/h5-8,10,17H,3-4,9H2,1-2H3,(H,15,20)(H,18,19). The molecule has 0 aliphatic carbocycles. The van der Waals surface area contributed by atoms with Gasteiger partial charge in [0.2, 0.25) is 0 Å². The molecule has 110 valence electrons. The summed E-state index contributed by atoms with van der Waals surface area (Å²) in [5.74, 6) is -1.44. The monoisotopic (exact) mass is 280 g/mol. The summed E-state index contributed by atoms with van der Waals surface area (Å²) in [6.07, 6.45) is 0.452. The molecule has 1 atom stereocenters. The van der Waals surface area contributed by atoms with E-state index in [-0.39, 0.29) is 18.3 Å². The van der Waals surface area contributed by atoms with Crippen molar-refractivity contribution in [2.75, 3.05) is 18.0 Å². The number of phenols is 1. The van der Waals surface area contributed by atoms with Crippen LogP contribution in [0.3, 0.4) is 0 Å². The molecule has 0 aromatic heterocycles. The number of rotatable bonds is 6. The van der Waals surface area contributed by atoms with Crippen LogP contribution in [0.15, 0.2) is 24.3 Å². The Labute approximate surface area is 118 Å². The van der Waals surface area contributed by atoms with Gasteiger partial charge in [-0.2, -0.15) is 0 Å². The van der Waals surface area contributed by atoms with Gasteiger partial charge in [0, 0.05) is 24.8 Å². The number of nitrogens with one attached hydrogen (secondary N) is 1. The average Bonchev–Trinajstić information content (AvgIpc) is 2.40. The Morgan fingerprint density at radius 1 is 1.35 bits per heavy atom. The van der Waals surface area contributed by atoms with Crippen LogP contribution in [-0.4, -0.2) is 35.3 Å². The van der Waals surface area contributed by atoms with Crippen molar-refractivity contribution in [3.63, 3.8) is 0 Å². The molecule has 6 heteroatoms. The molecule has 1 aromatic rings. The summed E-state index contributed by atoms with van der Waals surface area (Å²) in [6, 6.07) is 5.98. The van der Waals surface area contributed by atoms with Crippen LogP contribution in [0.5, 0.6) is 5.75 Å². The summed E-state index contributed by atoms with van der Waals surface area (Å²) in [7, 11) is 0. The number of aromatic hydroxyl groups is 1. The summed E-state index contributed by atoms with van der Waals surface area (Å²) in [4.78, 5) is 24.4. The second-order valence-electron chi connectivity index (χ2n) is 4.39. The van der Waals surface area contributed by atoms with Gasteiger partial charge in [-0.3, -0.25) is 9.69 Å². The van der Waals surface area contributed by atoms with Gasteiger partial charge >= 0.3 is 12.0 Å². The molecule has 0 saturated carbocycles. The quantitative estimate of drug-likeness (QED) is 0.743. The van der Waals surface area contributed by atoms with E-state index in [1.807, 2.05) is 0 Å². The third-order valence-electron chi connectivity index (χ3n) is 3.04. The van der Waals surface area contributed by atoms with Crippen molar-refractivity contribution in [3.05, 3.63) is 24.3 Å². The number of aliphatic carboxylic acids is 1. The van der Waals surface area contributed by atoms with Crippen LogP contribution in [0, 0.1) is 5.92 Å². The molecule has 0 spiro atoms. The zero-order valence-electron chi connectivity index (χ0n) is 11.7.